The number of imidazole rings is 1. The van der Waals surface area contributed by atoms with Gasteiger partial charge in [-0.2, -0.15) is 0 Å². The number of para-hydroxylation sites is 4. The maximum absolute atomic E-state index is 8.69. The van der Waals surface area contributed by atoms with Crippen LogP contribution < -0.4 is 5.19 Å². The van der Waals surface area contributed by atoms with Gasteiger partial charge in [0.15, 0.2) is 0 Å². The Balaban J connectivity index is 0.000000189. The Kier molecular flexibility index (Phi) is 11.3. The Morgan fingerprint density at radius 3 is 2.24 bits per heavy atom. The normalized spacial score (nSPS) is 12.6. The molecule has 0 aliphatic rings. The molecule has 299 valence electrons. The molecule has 0 fully saturated rings. The molecule has 0 saturated carbocycles. The molecule has 0 aliphatic carbocycles. The Morgan fingerprint density at radius 2 is 1.47 bits per heavy atom. The maximum atomic E-state index is 8.69. The van der Waals surface area contributed by atoms with Crippen molar-refractivity contribution in [2.45, 2.75) is 66.0 Å². The Hall–Kier alpha value is -5.39. The molecule has 0 bridgehead atoms. The van der Waals surface area contributed by atoms with Gasteiger partial charge in [-0.25, -0.2) is 0 Å². The van der Waals surface area contributed by atoms with Gasteiger partial charge in [-0.15, -0.1) is 53.6 Å². The Labute approximate surface area is 366 Å². The van der Waals surface area contributed by atoms with Crippen LogP contribution in [-0.4, -0.2) is 22.6 Å². The van der Waals surface area contributed by atoms with E-state index in [4.69, 9.17) is 17.1 Å². The zero-order valence-electron chi connectivity index (χ0n) is 37.0. The Morgan fingerprint density at radius 1 is 0.780 bits per heavy atom. The van der Waals surface area contributed by atoms with E-state index >= 15 is 0 Å². The third-order valence-electron chi connectivity index (χ3n) is 10.5. The number of fused-ring (bicyclic) bond motifs is 4. The molecule has 0 spiro atoms. The van der Waals surface area contributed by atoms with E-state index in [1.165, 1.54) is 5.56 Å². The zero-order chi connectivity index (χ0) is 42.4. The summed E-state index contributed by atoms with van der Waals surface area (Å²) in [6.45, 7) is 17.2. The number of nitrogens with zero attached hydrogens (tertiary/aromatic N) is 3. The van der Waals surface area contributed by atoms with Gasteiger partial charge in [0.25, 0.3) is 0 Å². The second-order valence-corrected chi connectivity index (χ2v) is 22.3. The Bertz CT molecular complexity index is 2980. The maximum Gasteiger partial charge on any atom is 0.120 e. The largest absolute Gasteiger partial charge is 0.501 e. The van der Waals surface area contributed by atoms with Crippen molar-refractivity contribution in [1.29, 1.82) is 0 Å². The number of rotatable bonds is 7. The van der Waals surface area contributed by atoms with Crippen LogP contribution in [0, 0.1) is 18.1 Å². The second kappa shape index (κ2) is 17.1. The van der Waals surface area contributed by atoms with Crippen molar-refractivity contribution in [3.63, 3.8) is 0 Å². The summed E-state index contributed by atoms with van der Waals surface area (Å²) in [6, 6.07) is 54.2. The summed E-state index contributed by atoms with van der Waals surface area (Å²) in [7, 11) is -1.71. The number of benzene rings is 6. The molecule has 1 radical (unpaired) electrons. The van der Waals surface area contributed by atoms with Crippen molar-refractivity contribution >= 4 is 46.2 Å². The van der Waals surface area contributed by atoms with Crippen LogP contribution in [0.2, 0.25) is 19.6 Å². The van der Waals surface area contributed by atoms with Crippen molar-refractivity contribution in [3.8, 4) is 39.5 Å². The average Bonchev–Trinajstić information content (AvgIpc) is 3.82. The predicted octanol–water partition coefficient (Wildman–Crippen LogP) is 13.6. The number of pyridine rings is 1. The summed E-state index contributed by atoms with van der Waals surface area (Å²) in [4.78, 5) is 9.79. The van der Waals surface area contributed by atoms with Gasteiger partial charge < -0.3 is 14.0 Å². The van der Waals surface area contributed by atoms with Gasteiger partial charge in [0, 0.05) is 45.7 Å². The van der Waals surface area contributed by atoms with Gasteiger partial charge in [-0.1, -0.05) is 156 Å². The molecule has 6 aromatic carbocycles. The molecule has 3 heterocycles. The summed E-state index contributed by atoms with van der Waals surface area (Å²) < 4.78 is 26.0. The van der Waals surface area contributed by atoms with Crippen LogP contribution in [0.4, 0.5) is 0 Å². The van der Waals surface area contributed by atoms with E-state index in [0.29, 0.717) is 0 Å². The summed E-state index contributed by atoms with van der Waals surface area (Å²) in [5.74, 6) is 0.715. The van der Waals surface area contributed by atoms with Crippen LogP contribution in [-0.2, 0) is 31.9 Å². The fourth-order valence-electron chi connectivity index (χ4n) is 7.54. The van der Waals surface area contributed by atoms with E-state index < -0.39 is 14.4 Å². The standard InChI is InChI=1S/C31H19N2O.C22H32NSi.Ir/c1-2-11-21(12-3-1)22-13-4-7-18-27(22)33-28-19-8-6-17-26(28)32-31(33)25-16-10-15-24-23-14-5-9-20-29(23)34-30(24)25;1-16(2)12-18-14-20(23-15-21(18)24(6,7)8)17-10-9-11-19(13-17)22(3,4)5;/h1-15,17-20H;9,11,13-16H,12H2,1-8H3;/q2*-1;/i;12D2;. The quantitative estimate of drug-likeness (QED) is 0.118. The smallest absolute Gasteiger partial charge is 0.120 e. The molecule has 0 saturated heterocycles. The molecule has 9 aromatic rings. The first-order chi connectivity index (χ1) is 28.6. The molecule has 3 aromatic heterocycles. The van der Waals surface area contributed by atoms with Crippen LogP contribution in [0.5, 0.6) is 0 Å². The minimum absolute atomic E-state index is 0. The molecule has 6 heteroatoms. The van der Waals surface area contributed by atoms with Crippen LogP contribution in [0.25, 0.3) is 72.4 Å². The summed E-state index contributed by atoms with van der Waals surface area (Å²) in [6.07, 6.45) is 0.531. The van der Waals surface area contributed by atoms with Gasteiger partial charge in [0.05, 0.1) is 30.5 Å². The van der Waals surface area contributed by atoms with Crippen molar-refractivity contribution in [1.82, 2.24) is 14.5 Å². The third-order valence-corrected chi connectivity index (χ3v) is 12.5. The first-order valence-electron chi connectivity index (χ1n) is 21.1. The fourth-order valence-corrected chi connectivity index (χ4v) is 8.94. The van der Waals surface area contributed by atoms with Crippen molar-refractivity contribution in [3.05, 3.63) is 169 Å². The van der Waals surface area contributed by atoms with E-state index in [1.54, 1.807) is 0 Å². The summed E-state index contributed by atoms with van der Waals surface area (Å²) in [5, 5.41) is 3.27. The minimum Gasteiger partial charge on any atom is -0.501 e. The monoisotopic (exact) mass is 968 g/mol. The van der Waals surface area contributed by atoms with Crippen molar-refractivity contribution in [2.24, 2.45) is 5.92 Å². The van der Waals surface area contributed by atoms with Crippen LogP contribution in [0.3, 0.4) is 0 Å². The van der Waals surface area contributed by atoms with E-state index in [1.807, 2.05) is 68.6 Å². The SMILES string of the molecule is [2H]C([2H])(c1cc(-c2[c-]ccc(C(C)(C)C)c2)ncc1[Si](C)(C)C)C(C)C.[Ir].[c-]1ccc2c(oc3ccccc32)c1-c1nc2ccccc2n1-c1ccccc1-c1ccccc1. The molecule has 59 heavy (non-hydrogen) atoms. The van der Waals surface area contributed by atoms with E-state index in [0.717, 1.165) is 83.2 Å². The molecule has 0 amide bonds. The van der Waals surface area contributed by atoms with Crippen LogP contribution in [0.15, 0.2) is 150 Å². The zero-order valence-corrected chi connectivity index (χ0v) is 38.4. The summed E-state index contributed by atoms with van der Waals surface area (Å²) >= 11 is 0. The first kappa shape index (κ1) is 39.1. The van der Waals surface area contributed by atoms with Gasteiger partial charge in [0.1, 0.15) is 5.58 Å². The van der Waals surface area contributed by atoms with Gasteiger partial charge >= 0.3 is 0 Å². The molecule has 0 atom stereocenters. The molecule has 9 rings (SSSR count). The van der Waals surface area contributed by atoms with Crippen LogP contribution >= 0.6 is 0 Å². The van der Waals surface area contributed by atoms with E-state index in [-0.39, 0.29) is 31.4 Å². The third kappa shape index (κ3) is 8.68. The molecule has 0 unspecified atom stereocenters. The van der Waals surface area contributed by atoms with E-state index in [2.05, 4.69) is 148 Å². The first-order valence-corrected chi connectivity index (χ1v) is 23.6. The van der Waals surface area contributed by atoms with E-state index in [9.17, 15) is 0 Å². The predicted molar refractivity (Wildman–Crippen MR) is 247 cm³/mol. The van der Waals surface area contributed by atoms with Gasteiger partial charge in [-0.3, -0.25) is 4.98 Å². The van der Waals surface area contributed by atoms with Crippen molar-refractivity contribution in [2.75, 3.05) is 0 Å². The molecule has 0 aliphatic heterocycles. The topological polar surface area (TPSA) is 43.9 Å². The molecule has 4 nitrogen and oxygen atoms in total. The fraction of sp³-hybridized carbons (Fsp3) is 0.208. The van der Waals surface area contributed by atoms with Crippen LogP contribution in [0.1, 0.15) is 48.5 Å². The number of furan rings is 1. The minimum atomic E-state index is -1.71. The summed E-state index contributed by atoms with van der Waals surface area (Å²) in [5.41, 5.74) is 11.7. The molecule has 0 N–H and O–H groups in total. The molecular weight excluding hydrogens is 915 g/mol. The van der Waals surface area contributed by atoms with Crippen molar-refractivity contribution < 1.29 is 27.3 Å². The average molecular weight is 968 g/mol. The number of hydrogen-bond donors (Lipinski definition) is 0. The molecular formula is C53H51IrN3OSi-2. The number of hydrogen-bond acceptors (Lipinski definition) is 3. The second-order valence-electron chi connectivity index (χ2n) is 17.2. The number of aromatic nitrogens is 3. The van der Waals surface area contributed by atoms with Gasteiger partial charge in [-0.05, 0) is 58.4 Å². The van der Waals surface area contributed by atoms with Gasteiger partial charge in [0.2, 0.25) is 0 Å².